The van der Waals surface area contributed by atoms with E-state index in [1.54, 1.807) is 36.4 Å². The number of nitrogens with one attached hydrogen (secondary N) is 1. The van der Waals surface area contributed by atoms with Crippen LogP contribution in [0.1, 0.15) is 15.9 Å². The van der Waals surface area contributed by atoms with Gasteiger partial charge in [-0.3, -0.25) is 9.59 Å². The first kappa shape index (κ1) is 17.6. The number of hydrogen-bond acceptors (Lipinski definition) is 3. The number of benzene rings is 2. The van der Waals surface area contributed by atoms with Crippen LogP contribution in [-0.4, -0.2) is 18.9 Å². The van der Waals surface area contributed by atoms with Gasteiger partial charge in [-0.15, -0.1) is 0 Å². The summed E-state index contributed by atoms with van der Waals surface area (Å²) < 4.78 is 6.02. The minimum absolute atomic E-state index is 0.0427. The summed E-state index contributed by atoms with van der Waals surface area (Å²) in [7, 11) is 1.48. The van der Waals surface area contributed by atoms with E-state index >= 15 is 0 Å². The van der Waals surface area contributed by atoms with Crippen molar-refractivity contribution in [3.05, 3.63) is 56.1 Å². The highest BCUT2D eigenvalue weighted by Crippen LogP contribution is 2.29. The molecule has 0 aliphatic carbocycles. The Balaban J connectivity index is 2.33. The maximum atomic E-state index is 12.5. The zero-order chi connectivity index (χ0) is 17.0. The van der Waals surface area contributed by atoms with Crippen molar-refractivity contribution in [1.29, 1.82) is 0 Å². The Labute approximate surface area is 152 Å². The lowest BCUT2D eigenvalue weighted by Crippen LogP contribution is -2.18. The number of methoxy groups -OCH3 is 1. The molecule has 0 saturated carbocycles. The van der Waals surface area contributed by atoms with Crippen LogP contribution in [0.4, 0.5) is 5.69 Å². The molecule has 0 aliphatic heterocycles. The Morgan fingerprint density at radius 1 is 1.30 bits per heavy atom. The smallest absolute Gasteiger partial charge is 0.259 e. The second-order valence-corrected chi connectivity index (χ2v) is 6.29. The number of carbonyl (C=O) groups is 2. The van der Waals surface area contributed by atoms with Crippen molar-refractivity contribution < 1.29 is 14.3 Å². The molecule has 0 bridgehead atoms. The van der Waals surface area contributed by atoms with Gasteiger partial charge in [0, 0.05) is 9.26 Å². The number of nitrogens with two attached hydrogens (primary N) is 1. The minimum atomic E-state index is -0.471. The zero-order valence-corrected chi connectivity index (χ0v) is 15.1. The number of amides is 2. The molecule has 0 heterocycles. The molecule has 0 radical (unpaired) electrons. The molecule has 23 heavy (non-hydrogen) atoms. The molecule has 7 heteroatoms. The molecule has 2 aromatic carbocycles. The number of ether oxygens (including phenoxy) is 1. The van der Waals surface area contributed by atoms with E-state index in [1.807, 2.05) is 0 Å². The number of primary amides is 1. The fourth-order valence-corrected chi connectivity index (χ4v) is 2.65. The van der Waals surface area contributed by atoms with Crippen LogP contribution in [0.15, 0.2) is 36.4 Å². The lowest BCUT2D eigenvalue weighted by Gasteiger charge is -2.13. The lowest BCUT2D eigenvalue weighted by molar-refractivity contribution is -0.117. The van der Waals surface area contributed by atoms with Crippen LogP contribution >= 0.6 is 34.2 Å². The Bertz CT molecular complexity index is 765. The van der Waals surface area contributed by atoms with Gasteiger partial charge in [0.2, 0.25) is 5.91 Å². The van der Waals surface area contributed by atoms with E-state index in [9.17, 15) is 9.59 Å². The summed E-state index contributed by atoms with van der Waals surface area (Å²) in [5.74, 6) is -0.428. The van der Waals surface area contributed by atoms with Crippen molar-refractivity contribution in [1.82, 2.24) is 0 Å². The normalized spacial score (nSPS) is 10.2. The van der Waals surface area contributed by atoms with E-state index in [0.29, 0.717) is 27.6 Å². The van der Waals surface area contributed by atoms with Gasteiger partial charge in [-0.05, 0) is 46.4 Å². The number of anilines is 1. The van der Waals surface area contributed by atoms with E-state index in [2.05, 4.69) is 27.9 Å². The molecule has 5 nitrogen and oxygen atoms in total. The first-order valence-corrected chi connectivity index (χ1v) is 8.08. The second kappa shape index (κ2) is 7.65. The van der Waals surface area contributed by atoms with Crippen LogP contribution in [0.5, 0.6) is 5.75 Å². The predicted octanol–water partition coefficient (Wildman–Crippen LogP) is 3.23. The fourth-order valence-electron chi connectivity index (χ4n) is 2.05. The molecule has 0 fully saturated rings. The minimum Gasteiger partial charge on any atom is -0.496 e. The summed E-state index contributed by atoms with van der Waals surface area (Å²) >= 11 is 8.15. The third-order valence-electron chi connectivity index (χ3n) is 3.12. The molecule has 0 spiro atoms. The van der Waals surface area contributed by atoms with Crippen molar-refractivity contribution in [3.63, 3.8) is 0 Å². The monoisotopic (exact) mass is 444 g/mol. The van der Waals surface area contributed by atoms with Gasteiger partial charge in [-0.2, -0.15) is 0 Å². The average molecular weight is 445 g/mol. The molecule has 2 rings (SSSR count). The molecule has 0 unspecified atom stereocenters. The van der Waals surface area contributed by atoms with Crippen LogP contribution in [0, 0.1) is 3.57 Å². The Kier molecular flexibility index (Phi) is 5.84. The van der Waals surface area contributed by atoms with Crippen LogP contribution < -0.4 is 15.8 Å². The maximum absolute atomic E-state index is 12.5. The highest BCUT2D eigenvalue weighted by Gasteiger charge is 2.16. The summed E-state index contributed by atoms with van der Waals surface area (Å²) in [6.45, 7) is 0. The second-order valence-electron chi connectivity index (χ2n) is 4.72. The maximum Gasteiger partial charge on any atom is 0.259 e. The molecule has 2 aromatic rings. The molecule has 2 amide bonds. The largest absolute Gasteiger partial charge is 0.496 e. The molecule has 120 valence electrons. The first-order valence-electron chi connectivity index (χ1n) is 6.63. The van der Waals surface area contributed by atoms with Crippen LogP contribution in [0.3, 0.4) is 0 Å². The molecular weight excluding hydrogens is 431 g/mol. The summed E-state index contributed by atoms with van der Waals surface area (Å²) in [6, 6.07) is 10.2. The number of para-hydroxylation sites is 1. The SMILES string of the molecule is COc1cc(I)c(Cl)cc1C(=O)Nc1ccccc1CC(N)=O. The quantitative estimate of drug-likeness (QED) is 0.695. The molecular formula is C16H14ClIN2O3. The molecule has 0 aliphatic rings. The van der Waals surface area contributed by atoms with Gasteiger partial charge in [-0.25, -0.2) is 0 Å². The van der Waals surface area contributed by atoms with Gasteiger partial charge in [0.15, 0.2) is 0 Å². The van der Waals surface area contributed by atoms with E-state index in [0.717, 1.165) is 3.57 Å². The summed E-state index contributed by atoms with van der Waals surface area (Å²) in [4.78, 5) is 23.7. The highest BCUT2D eigenvalue weighted by atomic mass is 127. The predicted molar refractivity (Wildman–Crippen MR) is 98.0 cm³/mol. The van der Waals surface area contributed by atoms with Crippen LogP contribution in [-0.2, 0) is 11.2 Å². The van der Waals surface area contributed by atoms with Gasteiger partial charge < -0.3 is 15.8 Å². The summed E-state index contributed by atoms with van der Waals surface area (Å²) in [6.07, 6.45) is 0.0427. The highest BCUT2D eigenvalue weighted by molar-refractivity contribution is 14.1. The van der Waals surface area contributed by atoms with Crippen molar-refractivity contribution in [2.24, 2.45) is 5.73 Å². The number of halogens is 2. The van der Waals surface area contributed by atoms with E-state index in [-0.39, 0.29) is 12.3 Å². The van der Waals surface area contributed by atoms with E-state index < -0.39 is 5.91 Å². The number of carbonyl (C=O) groups excluding carboxylic acids is 2. The molecule has 0 saturated heterocycles. The average Bonchev–Trinajstić information content (AvgIpc) is 2.50. The van der Waals surface area contributed by atoms with Crippen LogP contribution in [0.25, 0.3) is 0 Å². The van der Waals surface area contributed by atoms with Gasteiger partial charge in [0.1, 0.15) is 5.75 Å². The van der Waals surface area contributed by atoms with E-state index in [1.165, 1.54) is 7.11 Å². The molecule has 0 atom stereocenters. The van der Waals surface area contributed by atoms with Gasteiger partial charge >= 0.3 is 0 Å². The lowest BCUT2D eigenvalue weighted by atomic mass is 10.1. The third kappa shape index (κ3) is 4.35. The molecule has 0 aromatic heterocycles. The summed E-state index contributed by atoms with van der Waals surface area (Å²) in [5, 5.41) is 3.23. The fraction of sp³-hybridized carbons (Fsp3) is 0.125. The third-order valence-corrected chi connectivity index (χ3v) is 4.64. The Hall–Kier alpha value is -1.80. The number of rotatable bonds is 5. The van der Waals surface area contributed by atoms with Gasteiger partial charge in [0.05, 0.1) is 24.1 Å². The molecule has 3 N–H and O–H groups in total. The Morgan fingerprint density at radius 3 is 2.65 bits per heavy atom. The summed E-state index contributed by atoms with van der Waals surface area (Å²) in [5.41, 5.74) is 6.70. The zero-order valence-electron chi connectivity index (χ0n) is 12.2. The van der Waals surface area contributed by atoms with Crippen molar-refractivity contribution in [2.75, 3.05) is 12.4 Å². The van der Waals surface area contributed by atoms with Gasteiger partial charge in [-0.1, -0.05) is 29.8 Å². The topological polar surface area (TPSA) is 81.4 Å². The van der Waals surface area contributed by atoms with Crippen molar-refractivity contribution in [2.45, 2.75) is 6.42 Å². The van der Waals surface area contributed by atoms with Gasteiger partial charge in [0.25, 0.3) is 5.91 Å². The first-order chi connectivity index (χ1) is 10.9. The van der Waals surface area contributed by atoms with Crippen molar-refractivity contribution >= 4 is 51.7 Å². The van der Waals surface area contributed by atoms with Crippen molar-refractivity contribution in [3.8, 4) is 5.75 Å². The van der Waals surface area contributed by atoms with E-state index in [4.69, 9.17) is 22.1 Å². The Morgan fingerprint density at radius 2 is 2.00 bits per heavy atom. The standard InChI is InChI=1S/C16H14ClIN2O3/c1-23-14-8-12(18)11(17)7-10(14)16(22)20-13-5-3-2-4-9(13)6-15(19)21/h2-5,7-8H,6H2,1H3,(H2,19,21)(H,20,22). The van der Waals surface area contributed by atoms with Crippen LogP contribution in [0.2, 0.25) is 5.02 Å². The number of hydrogen-bond donors (Lipinski definition) is 2.